The molecule has 1 amide bonds. The Balaban J connectivity index is 1.68. The van der Waals surface area contributed by atoms with Crippen LogP contribution in [-0.4, -0.2) is 27.4 Å². The summed E-state index contributed by atoms with van der Waals surface area (Å²) in [5, 5.41) is 2.55. The van der Waals surface area contributed by atoms with Gasteiger partial charge >= 0.3 is 0 Å². The fourth-order valence-corrected chi connectivity index (χ4v) is 3.55. The summed E-state index contributed by atoms with van der Waals surface area (Å²) < 4.78 is 0. The lowest BCUT2D eigenvalue weighted by atomic mass is 10.2. The molecule has 0 unspecified atom stereocenters. The standard InChI is InChI=1S/C21H16N4OS/c1-2-12-25(21-24-19(14-27-21)15-8-4-3-5-9-15)20(26)18-13-22-16-10-6-7-11-17(16)23-18/h2-11,13-14H,1,12H2. The van der Waals surface area contributed by atoms with E-state index in [1.807, 2.05) is 60.0 Å². The predicted molar refractivity (Wildman–Crippen MR) is 109 cm³/mol. The summed E-state index contributed by atoms with van der Waals surface area (Å²) in [6.07, 6.45) is 3.18. The van der Waals surface area contributed by atoms with Gasteiger partial charge in [-0.2, -0.15) is 0 Å². The average molecular weight is 372 g/mol. The highest BCUT2D eigenvalue weighted by atomic mass is 32.1. The quantitative estimate of drug-likeness (QED) is 0.481. The van der Waals surface area contributed by atoms with E-state index < -0.39 is 0 Å². The molecule has 2 aromatic heterocycles. The number of carbonyl (C=O) groups is 1. The van der Waals surface area contributed by atoms with E-state index in [-0.39, 0.29) is 11.6 Å². The van der Waals surface area contributed by atoms with Crippen molar-refractivity contribution >= 4 is 33.4 Å². The number of fused-ring (bicyclic) bond motifs is 1. The van der Waals surface area contributed by atoms with Crippen molar-refractivity contribution in [2.45, 2.75) is 0 Å². The van der Waals surface area contributed by atoms with Crippen molar-refractivity contribution in [1.29, 1.82) is 0 Å². The molecule has 2 aromatic carbocycles. The van der Waals surface area contributed by atoms with Crippen LogP contribution >= 0.6 is 11.3 Å². The van der Waals surface area contributed by atoms with Gasteiger partial charge in [-0.1, -0.05) is 48.5 Å². The molecular formula is C21H16N4OS. The molecule has 0 atom stereocenters. The van der Waals surface area contributed by atoms with Crippen molar-refractivity contribution in [1.82, 2.24) is 15.0 Å². The number of thiazole rings is 1. The first-order chi connectivity index (χ1) is 13.3. The van der Waals surface area contributed by atoms with Crippen LogP contribution < -0.4 is 4.90 Å². The molecule has 0 spiro atoms. The summed E-state index contributed by atoms with van der Waals surface area (Å²) >= 11 is 1.42. The monoisotopic (exact) mass is 372 g/mol. The zero-order chi connectivity index (χ0) is 18.6. The third kappa shape index (κ3) is 3.47. The van der Waals surface area contributed by atoms with E-state index in [1.165, 1.54) is 17.5 Å². The molecule has 4 rings (SSSR count). The van der Waals surface area contributed by atoms with Crippen molar-refractivity contribution in [3.05, 3.63) is 84.5 Å². The molecule has 0 aliphatic heterocycles. The molecule has 0 bridgehead atoms. The SMILES string of the molecule is C=CCN(C(=O)c1cnc2ccccc2n1)c1nc(-c2ccccc2)cs1. The molecular weight excluding hydrogens is 356 g/mol. The van der Waals surface area contributed by atoms with Crippen LogP contribution in [0.2, 0.25) is 0 Å². The third-order valence-corrected chi connectivity index (χ3v) is 4.88. The Kier molecular flexibility index (Phi) is 4.72. The number of aromatic nitrogens is 3. The van der Waals surface area contributed by atoms with E-state index >= 15 is 0 Å². The van der Waals surface area contributed by atoms with Gasteiger partial charge in [0.15, 0.2) is 5.13 Å². The van der Waals surface area contributed by atoms with Crippen LogP contribution in [0.15, 0.2) is 78.8 Å². The van der Waals surface area contributed by atoms with E-state index in [4.69, 9.17) is 0 Å². The van der Waals surface area contributed by atoms with E-state index in [0.717, 1.165) is 16.8 Å². The Labute approximate surface area is 160 Å². The Morgan fingerprint density at radius 3 is 2.56 bits per heavy atom. The van der Waals surface area contributed by atoms with Gasteiger partial charge in [0.1, 0.15) is 5.69 Å². The van der Waals surface area contributed by atoms with Crippen LogP contribution in [0.1, 0.15) is 10.5 Å². The summed E-state index contributed by atoms with van der Waals surface area (Å²) in [6, 6.07) is 17.3. The van der Waals surface area contributed by atoms with Gasteiger partial charge < -0.3 is 0 Å². The van der Waals surface area contributed by atoms with Crippen LogP contribution in [0.3, 0.4) is 0 Å². The number of nitrogens with zero attached hydrogens (tertiary/aromatic N) is 4. The molecule has 5 nitrogen and oxygen atoms in total. The molecule has 0 fully saturated rings. The predicted octanol–water partition coefficient (Wildman–Crippen LogP) is 4.59. The third-order valence-electron chi connectivity index (χ3n) is 4.02. The van der Waals surface area contributed by atoms with Gasteiger partial charge in [0.2, 0.25) is 0 Å². The second-order valence-corrected chi connectivity index (χ2v) is 6.67. The second kappa shape index (κ2) is 7.47. The molecule has 0 aliphatic rings. The lowest BCUT2D eigenvalue weighted by molar-refractivity contribution is 0.0985. The molecule has 27 heavy (non-hydrogen) atoms. The van der Waals surface area contributed by atoms with Crippen molar-refractivity contribution < 1.29 is 4.79 Å². The lowest BCUT2D eigenvalue weighted by Gasteiger charge is -2.17. The lowest BCUT2D eigenvalue weighted by Crippen LogP contribution is -2.31. The van der Waals surface area contributed by atoms with E-state index in [2.05, 4.69) is 21.5 Å². The fourth-order valence-electron chi connectivity index (χ4n) is 2.71. The highest BCUT2D eigenvalue weighted by molar-refractivity contribution is 7.14. The molecule has 0 saturated heterocycles. The van der Waals surface area contributed by atoms with Gasteiger partial charge in [0.25, 0.3) is 5.91 Å². The van der Waals surface area contributed by atoms with E-state index in [9.17, 15) is 4.79 Å². The zero-order valence-corrected chi connectivity index (χ0v) is 15.3. The first kappa shape index (κ1) is 17.1. The maximum atomic E-state index is 13.1. The molecule has 6 heteroatoms. The first-order valence-electron chi connectivity index (χ1n) is 8.42. The maximum Gasteiger partial charge on any atom is 0.280 e. The molecule has 132 valence electrons. The molecule has 0 saturated carbocycles. The smallest absolute Gasteiger partial charge is 0.279 e. The Bertz CT molecular complexity index is 1110. The van der Waals surface area contributed by atoms with Crippen LogP contribution in [0, 0.1) is 0 Å². The maximum absolute atomic E-state index is 13.1. The Morgan fingerprint density at radius 1 is 1.04 bits per heavy atom. The van der Waals surface area contributed by atoms with Gasteiger partial charge in [-0.25, -0.2) is 9.97 Å². The van der Waals surface area contributed by atoms with Crippen LogP contribution in [0.5, 0.6) is 0 Å². The largest absolute Gasteiger partial charge is 0.280 e. The van der Waals surface area contributed by atoms with E-state index in [1.54, 1.807) is 11.0 Å². The number of anilines is 1. The minimum absolute atomic E-state index is 0.248. The molecule has 0 aliphatic carbocycles. The summed E-state index contributed by atoms with van der Waals surface area (Å²) in [5.74, 6) is -0.248. The number of benzene rings is 2. The molecule has 0 N–H and O–H groups in total. The number of amides is 1. The Morgan fingerprint density at radius 2 is 1.78 bits per heavy atom. The summed E-state index contributed by atoms with van der Waals surface area (Å²) in [5.41, 5.74) is 3.57. The number of hydrogen-bond donors (Lipinski definition) is 0. The number of hydrogen-bond acceptors (Lipinski definition) is 5. The molecule has 2 heterocycles. The van der Waals surface area contributed by atoms with Crippen LogP contribution in [0.4, 0.5) is 5.13 Å². The van der Waals surface area contributed by atoms with Crippen molar-refractivity contribution in [3.8, 4) is 11.3 Å². The van der Waals surface area contributed by atoms with Crippen molar-refractivity contribution in [2.24, 2.45) is 0 Å². The second-order valence-electron chi connectivity index (χ2n) is 5.83. The summed E-state index contributed by atoms with van der Waals surface area (Å²) in [6.45, 7) is 4.11. The van der Waals surface area contributed by atoms with Gasteiger partial charge in [-0.05, 0) is 12.1 Å². The number of carbonyl (C=O) groups excluding carboxylic acids is 1. The minimum Gasteiger partial charge on any atom is -0.279 e. The van der Waals surface area contributed by atoms with Gasteiger partial charge in [0, 0.05) is 17.5 Å². The highest BCUT2D eigenvalue weighted by Gasteiger charge is 2.21. The zero-order valence-electron chi connectivity index (χ0n) is 14.4. The minimum atomic E-state index is -0.248. The summed E-state index contributed by atoms with van der Waals surface area (Å²) in [7, 11) is 0. The number of rotatable bonds is 5. The number of para-hydroxylation sites is 2. The highest BCUT2D eigenvalue weighted by Crippen LogP contribution is 2.28. The topological polar surface area (TPSA) is 59.0 Å². The summed E-state index contributed by atoms with van der Waals surface area (Å²) in [4.78, 5) is 28.1. The molecule has 0 radical (unpaired) electrons. The van der Waals surface area contributed by atoms with Crippen LogP contribution in [-0.2, 0) is 0 Å². The van der Waals surface area contributed by atoms with Gasteiger partial charge in [-0.3, -0.25) is 14.7 Å². The van der Waals surface area contributed by atoms with Crippen molar-refractivity contribution in [2.75, 3.05) is 11.4 Å². The fraction of sp³-hybridized carbons (Fsp3) is 0.0476. The first-order valence-corrected chi connectivity index (χ1v) is 9.30. The normalized spacial score (nSPS) is 10.7. The van der Waals surface area contributed by atoms with Gasteiger partial charge in [0.05, 0.1) is 22.9 Å². The average Bonchev–Trinajstić information content (AvgIpc) is 3.22. The van der Waals surface area contributed by atoms with Gasteiger partial charge in [-0.15, -0.1) is 17.9 Å². The van der Waals surface area contributed by atoms with E-state index in [0.29, 0.717) is 17.2 Å². The Hall–Kier alpha value is -3.38. The molecule has 4 aromatic rings. The van der Waals surface area contributed by atoms with Crippen molar-refractivity contribution in [3.63, 3.8) is 0 Å². The van der Waals surface area contributed by atoms with Crippen LogP contribution in [0.25, 0.3) is 22.3 Å².